The summed E-state index contributed by atoms with van der Waals surface area (Å²) in [5.74, 6) is -0.623. The Balaban J connectivity index is 1.60. The molecule has 0 bridgehead atoms. The summed E-state index contributed by atoms with van der Waals surface area (Å²) in [6.07, 6.45) is 1.39. The van der Waals surface area contributed by atoms with Crippen molar-refractivity contribution < 1.29 is 9.59 Å². The Hall–Kier alpha value is -3.30. The molecule has 0 atom stereocenters. The molecule has 0 aliphatic carbocycles. The molecular formula is C21H18N4O3S2. The van der Waals surface area contributed by atoms with Crippen molar-refractivity contribution in [3.05, 3.63) is 68.9 Å². The van der Waals surface area contributed by atoms with E-state index in [0.717, 1.165) is 15.3 Å². The fraction of sp³-hybridized carbons (Fsp3) is 0.143. The number of anilines is 1. The zero-order chi connectivity index (χ0) is 21.3. The van der Waals surface area contributed by atoms with Crippen molar-refractivity contribution in [1.29, 1.82) is 0 Å². The molecule has 0 saturated heterocycles. The molecule has 0 spiro atoms. The van der Waals surface area contributed by atoms with E-state index in [0.29, 0.717) is 21.5 Å². The first kappa shape index (κ1) is 20.0. The summed E-state index contributed by atoms with van der Waals surface area (Å²) in [6.45, 7) is 1.84. The third-order valence-electron chi connectivity index (χ3n) is 4.52. The third-order valence-corrected chi connectivity index (χ3v) is 6.44. The van der Waals surface area contributed by atoms with Crippen LogP contribution in [0.25, 0.3) is 20.7 Å². The van der Waals surface area contributed by atoms with E-state index in [2.05, 4.69) is 15.6 Å². The van der Waals surface area contributed by atoms with Gasteiger partial charge in [-0.05, 0) is 37.3 Å². The van der Waals surface area contributed by atoms with Gasteiger partial charge in [0, 0.05) is 39.0 Å². The number of rotatable bonds is 5. The molecule has 1 aromatic carbocycles. The van der Waals surface area contributed by atoms with Gasteiger partial charge in [0.1, 0.15) is 11.4 Å². The summed E-state index contributed by atoms with van der Waals surface area (Å²) in [5, 5.41) is 7.72. The average molecular weight is 439 g/mol. The zero-order valence-corrected chi connectivity index (χ0v) is 17.9. The molecular weight excluding hydrogens is 420 g/mol. The maximum absolute atomic E-state index is 13.1. The van der Waals surface area contributed by atoms with E-state index in [1.54, 1.807) is 42.6 Å². The summed E-state index contributed by atoms with van der Waals surface area (Å²) in [6, 6.07) is 10.6. The molecule has 4 aromatic rings. The minimum absolute atomic E-state index is 0.176. The number of thiophene rings is 2. The van der Waals surface area contributed by atoms with Gasteiger partial charge in [-0.2, -0.15) is 0 Å². The van der Waals surface area contributed by atoms with Gasteiger partial charge in [-0.1, -0.05) is 6.07 Å². The second-order valence-electron chi connectivity index (χ2n) is 6.63. The van der Waals surface area contributed by atoms with Crippen molar-refractivity contribution in [2.45, 2.75) is 13.5 Å². The number of aromatic nitrogens is 2. The first-order valence-electron chi connectivity index (χ1n) is 9.11. The third kappa shape index (κ3) is 3.89. The van der Waals surface area contributed by atoms with E-state index in [1.807, 2.05) is 24.4 Å². The summed E-state index contributed by atoms with van der Waals surface area (Å²) >= 11 is 3.03. The smallest absolute Gasteiger partial charge is 0.263 e. The molecule has 30 heavy (non-hydrogen) atoms. The van der Waals surface area contributed by atoms with Gasteiger partial charge in [0.25, 0.3) is 11.5 Å². The predicted molar refractivity (Wildman–Crippen MR) is 120 cm³/mol. The summed E-state index contributed by atoms with van der Waals surface area (Å²) in [7, 11) is 1.54. The Bertz CT molecular complexity index is 1320. The molecule has 0 aliphatic rings. The average Bonchev–Trinajstić information content (AvgIpc) is 3.36. The minimum atomic E-state index is -0.379. The molecule has 2 N–H and O–H groups in total. The number of amides is 2. The van der Waals surface area contributed by atoms with E-state index in [9.17, 15) is 14.4 Å². The van der Waals surface area contributed by atoms with E-state index in [-0.39, 0.29) is 23.9 Å². The second kappa shape index (κ2) is 8.21. The first-order valence-corrected chi connectivity index (χ1v) is 10.8. The van der Waals surface area contributed by atoms with Crippen LogP contribution in [-0.2, 0) is 11.3 Å². The van der Waals surface area contributed by atoms with Crippen LogP contribution in [0.5, 0.6) is 0 Å². The lowest BCUT2D eigenvalue weighted by atomic mass is 10.2. The van der Waals surface area contributed by atoms with Crippen LogP contribution in [0, 0.1) is 6.92 Å². The maximum atomic E-state index is 13.1. The van der Waals surface area contributed by atoms with Crippen molar-refractivity contribution >= 4 is 50.4 Å². The second-order valence-corrected chi connectivity index (χ2v) is 8.77. The molecule has 3 aromatic heterocycles. The van der Waals surface area contributed by atoms with Crippen molar-refractivity contribution in [2.24, 2.45) is 0 Å². The van der Waals surface area contributed by atoms with Crippen molar-refractivity contribution in [3.8, 4) is 10.4 Å². The van der Waals surface area contributed by atoms with Crippen molar-refractivity contribution in [1.82, 2.24) is 14.9 Å². The summed E-state index contributed by atoms with van der Waals surface area (Å²) in [4.78, 5) is 44.5. The van der Waals surface area contributed by atoms with E-state index < -0.39 is 0 Å². The van der Waals surface area contributed by atoms with Crippen molar-refractivity contribution in [3.63, 3.8) is 0 Å². The van der Waals surface area contributed by atoms with E-state index in [1.165, 1.54) is 22.2 Å². The van der Waals surface area contributed by atoms with Crippen LogP contribution in [-0.4, -0.2) is 28.4 Å². The molecule has 0 saturated carbocycles. The minimum Gasteiger partial charge on any atom is -0.355 e. The highest BCUT2D eigenvalue weighted by Gasteiger charge is 2.16. The predicted octanol–water partition coefficient (Wildman–Crippen LogP) is 3.49. The normalized spacial score (nSPS) is 10.9. The lowest BCUT2D eigenvalue weighted by Crippen LogP contribution is -2.28. The van der Waals surface area contributed by atoms with Crippen LogP contribution < -0.4 is 16.2 Å². The molecule has 0 unspecified atom stereocenters. The lowest BCUT2D eigenvalue weighted by molar-refractivity contribution is -0.116. The van der Waals surface area contributed by atoms with Crippen LogP contribution in [0.2, 0.25) is 0 Å². The van der Waals surface area contributed by atoms with Gasteiger partial charge < -0.3 is 10.6 Å². The van der Waals surface area contributed by atoms with Crippen LogP contribution in [0.15, 0.2) is 52.9 Å². The fourth-order valence-corrected chi connectivity index (χ4v) is 4.94. The van der Waals surface area contributed by atoms with Crippen molar-refractivity contribution in [2.75, 3.05) is 12.4 Å². The highest BCUT2D eigenvalue weighted by molar-refractivity contribution is 7.19. The summed E-state index contributed by atoms with van der Waals surface area (Å²) < 4.78 is 1.30. The van der Waals surface area contributed by atoms with Gasteiger partial charge in [-0.3, -0.25) is 19.0 Å². The Labute approximate surface area is 180 Å². The van der Waals surface area contributed by atoms with Gasteiger partial charge in [-0.25, -0.2) is 4.98 Å². The molecule has 3 heterocycles. The standard InChI is InChI=1S/C21H18N4O3S2/c1-12-6-7-16(30-12)15-10-29-20-18(15)21(28)25(11-23-20)9-17(26)24-14-5-3-4-13(8-14)19(27)22-2/h3-8,10-11H,9H2,1-2H3,(H,22,27)(H,24,26). The molecule has 0 fully saturated rings. The number of carbonyl (C=O) groups is 2. The molecule has 4 rings (SSSR count). The molecule has 0 radical (unpaired) electrons. The van der Waals surface area contributed by atoms with Gasteiger partial charge in [0.2, 0.25) is 5.91 Å². The molecule has 2 amide bonds. The summed E-state index contributed by atoms with van der Waals surface area (Å²) in [5.41, 5.74) is 1.51. The Morgan fingerprint density at radius 2 is 2.03 bits per heavy atom. The molecule has 9 heteroatoms. The Kier molecular flexibility index (Phi) is 5.47. The topological polar surface area (TPSA) is 93.1 Å². The van der Waals surface area contributed by atoms with Gasteiger partial charge in [-0.15, -0.1) is 22.7 Å². The lowest BCUT2D eigenvalue weighted by Gasteiger charge is -2.09. The van der Waals surface area contributed by atoms with Crippen LogP contribution >= 0.6 is 22.7 Å². The number of hydrogen-bond donors (Lipinski definition) is 2. The number of fused-ring (bicyclic) bond motifs is 1. The molecule has 0 aliphatic heterocycles. The van der Waals surface area contributed by atoms with Crippen LogP contribution in [0.1, 0.15) is 15.2 Å². The van der Waals surface area contributed by atoms with E-state index in [4.69, 9.17) is 0 Å². The number of carbonyl (C=O) groups excluding carboxylic acids is 2. The number of hydrogen-bond acceptors (Lipinski definition) is 6. The molecule has 152 valence electrons. The Morgan fingerprint density at radius 3 is 2.77 bits per heavy atom. The van der Waals surface area contributed by atoms with Crippen LogP contribution in [0.4, 0.5) is 5.69 Å². The van der Waals surface area contributed by atoms with Crippen LogP contribution in [0.3, 0.4) is 0 Å². The van der Waals surface area contributed by atoms with Gasteiger partial charge in [0.05, 0.1) is 11.7 Å². The Morgan fingerprint density at radius 1 is 1.20 bits per heavy atom. The quantitative estimate of drug-likeness (QED) is 0.499. The number of aryl methyl sites for hydroxylation is 1. The fourth-order valence-electron chi connectivity index (χ4n) is 3.08. The van der Waals surface area contributed by atoms with Gasteiger partial charge >= 0.3 is 0 Å². The van der Waals surface area contributed by atoms with E-state index >= 15 is 0 Å². The van der Waals surface area contributed by atoms with Gasteiger partial charge in [0.15, 0.2) is 0 Å². The first-order chi connectivity index (χ1) is 14.5. The number of nitrogens with zero attached hydrogens (tertiary/aromatic N) is 2. The molecule has 7 nitrogen and oxygen atoms in total. The number of benzene rings is 1. The zero-order valence-electron chi connectivity index (χ0n) is 16.3. The largest absolute Gasteiger partial charge is 0.355 e. The monoisotopic (exact) mass is 438 g/mol. The number of nitrogens with one attached hydrogen (secondary N) is 2. The highest BCUT2D eigenvalue weighted by Crippen LogP contribution is 2.34. The maximum Gasteiger partial charge on any atom is 0.263 e. The SMILES string of the molecule is CNC(=O)c1cccc(NC(=O)Cn2cnc3scc(-c4ccc(C)s4)c3c2=O)c1. The highest BCUT2D eigenvalue weighted by atomic mass is 32.1.